The minimum Gasteiger partial charge on any atom is -0.480 e. The minimum absolute atomic E-state index is 0.226. The summed E-state index contributed by atoms with van der Waals surface area (Å²) >= 11 is 6.01. The van der Waals surface area contributed by atoms with Gasteiger partial charge < -0.3 is 4.74 Å². The Morgan fingerprint density at radius 3 is 2.40 bits per heavy atom. The number of aromatic nitrogens is 2. The highest BCUT2D eigenvalue weighted by atomic mass is 35.5. The molecule has 1 aromatic rings. The van der Waals surface area contributed by atoms with Crippen molar-refractivity contribution < 1.29 is 4.74 Å². The Balaban J connectivity index is 3.35. The Bertz CT molecular complexity index is 388. The van der Waals surface area contributed by atoms with E-state index in [1.54, 1.807) is 7.11 Å². The first kappa shape index (κ1) is 12.0. The highest BCUT2D eigenvalue weighted by Gasteiger charge is 2.15. The van der Waals surface area contributed by atoms with E-state index in [0.717, 1.165) is 11.3 Å². The Morgan fingerprint density at radius 1 is 1.40 bits per heavy atom. The van der Waals surface area contributed by atoms with Crippen LogP contribution in [0, 0.1) is 0 Å². The van der Waals surface area contributed by atoms with Gasteiger partial charge in [0.25, 0.3) is 0 Å². The van der Waals surface area contributed by atoms with Gasteiger partial charge in [-0.1, -0.05) is 32.0 Å². The molecule has 1 rings (SSSR count). The van der Waals surface area contributed by atoms with E-state index in [1.807, 2.05) is 20.8 Å². The molecular weight excluding hydrogens is 212 g/mol. The number of hydrogen-bond acceptors (Lipinski definition) is 3. The Morgan fingerprint density at radius 2 is 2.00 bits per heavy atom. The lowest BCUT2D eigenvalue weighted by atomic mass is 10.1. The number of nitrogens with zero attached hydrogens (tertiary/aromatic N) is 2. The number of ether oxygens (including phenoxy) is 1. The monoisotopic (exact) mass is 226 g/mol. The zero-order chi connectivity index (χ0) is 11.6. The van der Waals surface area contributed by atoms with Crippen molar-refractivity contribution in [3.63, 3.8) is 0 Å². The lowest BCUT2D eigenvalue weighted by molar-refractivity contribution is 0.386. The molecule has 0 radical (unpaired) electrons. The molecule has 1 aromatic heterocycles. The van der Waals surface area contributed by atoms with E-state index < -0.39 is 0 Å². The summed E-state index contributed by atoms with van der Waals surface area (Å²) < 4.78 is 5.18. The molecule has 1 heterocycles. The summed E-state index contributed by atoms with van der Waals surface area (Å²) in [6.07, 6.45) is 0. The maximum Gasteiger partial charge on any atom is 0.236 e. The lowest BCUT2D eigenvalue weighted by Gasteiger charge is -2.12. The first-order valence-electron chi connectivity index (χ1n) is 4.74. The average Bonchev–Trinajstić information content (AvgIpc) is 2.16. The van der Waals surface area contributed by atoms with Crippen LogP contribution in [0.2, 0.25) is 5.15 Å². The third kappa shape index (κ3) is 2.48. The molecule has 0 spiro atoms. The van der Waals surface area contributed by atoms with Crippen molar-refractivity contribution in [2.75, 3.05) is 7.11 Å². The maximum atomic E-state index is 6.01. The molecule has 0 atom stereocenters. The molecule has 0 aliphatic carbocycles. The van der Waals surface area contributed by atoms with Crippen molar-refractivity contribution in [3.8, 4) is 5.88 Å². The van der Waals surface area contributed by atoms with Crippen LogP contribution in [0.4, 0.5) is 0 Å². The average molecular weight is 227 g/mol. The van der Waals surface area contributed by atoms with Crippen LogP contribution in [0.15, 0.2) is 6.58 Å². The molecule has 0 aliphatic heterocycles. The van der Waals surface area contributed by atoms with Gasteiger partial charge in [-0.2, -0.15) is 0 Å². The molecule has 0 unspecified atom stereocenters. The predicted molar refractivity (Wildman–Crippen MR) is 62.4 cm³/mol. The van der Waals surface area contributed by atoms with Gasteiger partial charge >= 0.3 is 0 Å². The fraction of sp³-hybridized carbons (Fsp3) is 0.455. The van der Waals surface area contributed by atoms with Gasteiger partial charge in [-0.15, -0.1) is 0 Å². The van der Waals surface area contributed by atoms with Crippen LogP contribution in [0.5, 0.6) is 5.88 Å². The normalized spacial score (nSPS) is 10.5. The molecule has 82 valence electrons. The first-order valence-corrected chi connectivity index (χ1v) is 5.12. The van der Waals surface area contributed by atoms with Crippen molar-refractivity contribution in [3.05, 3.63) is 23.1 Å². The second kappa shape index (κ2) is 4.62. The summed E-state index contributed by atoms with van der Waals surface area (Å²) in [5, 5.41) is 0.381. The third-order valence-corrected chi connectivity index (χ3v) is 2.25. The molecule has 0 aliphatic rings. The lowest BCUT2D eigenvalue weighted by Crippen LogP contribution is -2.04. The molecule has 0 aromatic carbocycles. The Labute approximate surface area is 95.2 Å². The summed E-state index contributed by atoms with van der Waals surface area (Å²) in [6.45, 7) is 9.67. The van der Waals surface area contributed by atoms with Crippen LogP contribution in [-0.4, -0.2) is 17.1 Å². The van der Waals surface area contributed by atoms with Gasteiger partial charge in [0.05, 0.1) is 7.11 Å². The summed E-state index contributed by atoms with van der Waals surface area (Å²) in [6, 6.07) is 0. The van der Waals surface area contributed by atoms with Crippen molar-refractivity contribution in [2.24, 2.45) is 0 Å². The Kier molecular flexibility index (Phi) is 3.69. The first-order chi connectivity index (χ1) is 6.97. The number of rotatable bonds is 3. The third-order valence-electron chi connectivity index (χ3n) is 1.99. The fourth-order valence-corrected chi connectivity index (χ4v) is 1.50. The number of methoxy groups -OCH3 is 1. The molecule has 0 saturated carbocycles. The molecule has 0 bridgehead atoms. The van der Waals surface area contributed by atoms with Crippen LogP contribution in [0.3, 0.4) is 0 Å². The molecule has 15 heavy (non-hydrogen) atoms. The topological polar surface area (TPSA) is 35.0 Å². The SMILES string of the molecule is C=C(C)c1nc(OC)c(C(C)C)nc1Cl. The molecular formula is C11H15ClN2O. The highest BCUT2D eigenvalue weighted by molar-refractivity contribution is 6.30. The molecule has 0 saturated heterocycles. The van der Waals surface area contributed by atoms with Gasteiger partial charge in [0.2, 0.25) is 5.88 Å². The van der Waals surface area contributed by atoms with Gasteiger partial charge in [-0.3, -0.25) is 0 Å². The molecule has 0 amide bonds. The van der Waals surface area contributed by atoms with E-state index in [2.05, 4.69) is 16.5 Å². The maximum absolute atomic E-state index is 6.01. The summed E-state index contributed by atoms with van der Waals surface area (Å²) in [5.74, 6) is 0.747. The zero-order valence-corrected chi connectivity index (χ0v) is 10.2. The van der Waals surface area contributed by atoms with Crippen LogP contribution in [0.25, 0.3) is 5.57 Å². The van der Waals surface area contributed by atoms with Gasteiger partial charge in [0, 0.05) is 5.92 Å². The summed E-state index contributed by atoms with van der Waals surface area (Å²) in [7, 11) is 1.58. The number of allylic oxidation sites excluding steroid dienone is 1. The second-order valence-electron chi connectivity index (χ2n) is 3.69. The van der Waals surface area contributed by atoms with Crippen molar-refractivity contribution >= 4 is 17.2 Å². The molecule has 4 heteroatoms. The number of hydrogen-bond donors (Lipinski definition) is 0. The minimum atomic E-state index is 0.226. The standard InChI is InChI=1S/C11H15ClN2O/c1-6(2)8-10(12)13-9(7(3)4)11(14-8)15-5/h7H,1H2,2-5H3. The van der Waals surface area contributed by atoms with Crippen LogP contribution < -0.4 is 4.74 Å². The second-order valence-corrected chi connectivity index (χ2v) is 4.05. The van der Waals surface area contributed by atoms with Gasteiger partial charge in [0.15, 0.2) is 5.15 Å². The van der Waals surface area contributed by atoms with E-state index in [9.17, 15) is 0 Å². The highest BCUT2D eigenvalue weighted by Crippen LogP contribution is 2.28. The summed E-state index contributed by atoms with van der Waals surface area (Å²) in [4.78, 5) is 8.58. The van der Waals surface area contributed by atoms with Crippen molar-refractivity contribution in [1.82, 2.24) is 9.97 Å². The van der Waals surface area contributed by atoms with E-state index >= 15 is 0 Å². The zero-order valence-electron chi connectivity index (χ0n) is 9.47. The predicted octanol–water partition coefficient (Wildman–Crippen LogP) is 3.30. The van der Waals surface area contributed by atoms with E-state index in [0.29, 0.717) is 16.7 Å². The van der Waals surface area contributed by atoms with E-state index in [1.165, 1.54) is 0 Å². The van der Waals surface area contributed by atoms with Crippen LogP contribution in [0.1, 0.15) is 38.1 Å². The van der Waals surface area contributed by atoms with Gasteiger partial charge in [0.1, 0.15) is 11.4 Å². The number of halogens is 1. The molecule has 3 nitrogen and oxygen atoms in total. The summed E-state index contributed by atoms with van der Waals surface area (Å²) in [5.41, 5.74) is 2.14. The van der Waals surface area contributed by atoms with Gasteiger partial charge in [-0.05, 0) is 12.5 Å². The van der Waals surface area contributed by atoms with Crippen LogP contribution in [-0.2, 0) is 0 Å². The van der Waals surface area contributed by atoms with Crippen molar-refractivity contribution in [1.29, 1.82) is 0 Å². The van der Waals surface area contributed by atoms with E-state index in [4.69, 9.17) is 16.3 Å². The smallest absolute Gasteiger partial charge is 0.236 e. The van der Waals surface area contributed by atoms with Crippen LogP contribution >= 0.6 is 11.6 Å². The van der Waals surface area contributed by atoms with Gasteiger partial charge in [-0.25, -0.2) is 9.97 Å². The van der Waals surface area contributed by atoms with Crippen molar-refractivity contribution in [2.45, 2.75) is 26.7 Å². The van der Waals surface area contributed by atoms with E-state index in [-0.39, 0.29) is 5.92 Å². The largest absolute Gasteiger partial charge is 0.480 e. The molecule has 0 fully saturated rings. The molecule has 0 N–H and O–H groups in total. The fourth-order valence-electron chi connectivity index (χ4n) is 1.21. The quantitative estimate of drug-likeness (QED) is 0.793. The Hall–Kier alpha value is -1.09.